The van der Waals surface area contributed by atoms with Gasteiger partial charge in [0.25, 0.3) is 5.91 Å². The quantitative estimate of drug-likeness (QED) is 0.604. The smallest absolute Gasteiger partial charge is 0.284 e. The molecule has 0 aliphatic carbocycles. The molecule has 1 amide bonds. The van der Waals surface area contributed by atoms with Gasteiger partial charge in [0, 0.05) is 17.0 Å². The number of amides is 1. The van der Waals surface area contributed by atoms with Gasteiger partial charge in [-0.05, 0) is 47.5 Å². The monoisotopic (exact) mass is 445 g/mol. The van der Waals surface area contributed by atoms with Gasteiger partial charge in [0.2, 0.25) is 10.0 Å². The molecule has 3 aromatic rings. The minimum atomic E-state index is -3.32. The van der Waals surface area contributed by atoms with E-state index < -0.39 is 10.0 Å². The molecule has 29 heavy (non-hydrogen) atoms. The van der Waals surface area contributed by atoms with E-state index in [1.54, 1.807) is 41.5 Å². The van der Waals surface area contributed by atoms with E-state index in [4.69, 9.17) is 0 Å². The van der Waals surface area contributed by atoms with Gasteiger partial charge in [0.15, 0.2) is 0 Å². The van der Waals surface area contributed by atoms with Crippen LogP contribution in [0.3, 0.4) is 0 Å². The van der Waals surface area contributed by atoms with E-state index in [-0.39, 0.29) is 17.7 Å². The zero-order valence-corrected chi connectivity index (χ0v) is 18.1. The predicted molar refractivity (Wildman–Crippen MR) is 118 cm³/mol. The highest BCUT2D eigenvalue weighted by molar-refractivity contribution is 7.92. The van der Waals surface area contributed by atoms with Gasteiger partial charge in [0.05, 0.1) is 22.4 Å². The summed E-state index contributed by atoms with van der Waals surface area (Å²) in [6.45, 7) is 1.59. The molecule has 3 heterocycles. The van der Waals surface area contributed by atoms with Crippen LogP contribution in [0.15, 0.2) is 64.4 Å². The maximum atomic E-state index is 13.0. The van der Waals surface area contributed by atoms with Crippen LogP contribution in [0.4, 0.5) is 5.69 Å². The molecule has 6 nitrogen and oxygen atoms in total. The van der Waals surface area contributed by atoms with Crippen molar-refractivity contribution in [3.63, 3.8) is 0 Å². The fourth-order valence-electron chi connectivity index (χ4n) is 3.07. The van der Waals surface area contributed by atoms with Crippen LogP contribution >= 0.6 is 22.7 Å². The van der Waals surface area contributed by atoms with Crippen molar-refractivity contribution in [3.05, 3.63) is 74.6 Å². The summed E-state index contributed by atoms with van der Waals surface area (Å²) in [5.41, 5.74) is 2.18. The molecular weight excluding hydrogens is 426 g/mol. The van der Waals surface area contributed by atoms with Crippen LogP contribution in [0.25, 0.3) is 0 Å². The maximum Gasteiger partial charge on any atom is 0.284 e. The first-order valence-electron chi connectivity index (χ1n) is 9.05. The maximum absolute atomic E-state index is 13.0. The van der Waals surface area contributed by atoms with Crippen molar-refractivity contribution in [1.82, 2.24) is 5.01 Å². The molecular formula is C20H19N3O3S3. The van der Waals surface area contributed by atoms with Crippen molar-refractivity contribution in [1.29, 1.82) is 0 Å². The molecule has 9 heteroatoms. The molecule has 4 rings (SSSR count). The topological polar surface area (TPSA) is 78.8 Å². The summed E-state index contributed by atoms with van der Waals surface area (Å²) in [7, 11) is -3.32. The Kier molecular flexibility index (Phi) is 5.53. The molecule has 1 aliphatic rings. The van der Waals surface area contributed by atoms with Crippen LogP contribution in [-0.2, 0) is 10.0 Å². The number of anilines is 1. The first-order valence-corrected chi connectivity index (χ1v) is 12.5. The number of sulfonamides is 1. The van der Waals surface area contributed by atoms with E-state index in [9.17, 15) is 13.2 Å². The van der Waals surface area contributed by atoms with Gasteiger partial charge >= 0.3 is 0 Å². The molecule has 0 spiro atoms. The van der Waals surface area contributed by atoms with Crippen molar-refractivity contribution in [2.45, 2.75) is 19.4 Å². The molecule has 150 valence electrons. The van der Waals surface area contributed by atoms with E-state index in [1.807, 2.05) is 41.1 Å². The molecule has 0 bridgehead atoms. The van der Waals surface area contributed by atoms with Crippen molar-refractivity contribution in [2.75, 3.05) is 10.5 Å². The average Bonchev–Trinajstić information content (AvgIpc) is 3.49. The second-order valence-electron chi connectivity index (χ2n) is 6.49. The van der Waals surface area contributed by atoms with Gasteiger partial charge in [-0.25, -0.2) is 13.4 Å². The minimum absolute atomic E-state index is 0.0176. The number of carbonyl (C=O) groups is 1. The van der Waals surface area contributed by atoms with E-state index in [0.29, 0.717) is 17.0 Å². The van der Waals surface area contributed by atoms with Crippen LogP contribution < -0.4 is 4.72 Å². The lowest BCUT2D eigenvalue weighted by molar-refractivity contribution is 0.0719. The van der Waals surface area contributed by atoms with Gasteiger partial charge in [-0.15, -0.1) is 22.7 Å². The SMILES string of the molecule is CCS(=O)(=O)Nc1ccc(C2=NN(C(=O)c3cccs3)[C@@H](c3cccs3)C2)cc1. The predicted octanol–water partition coefficient (Wildman–Crippen LogP) is 4.56. The Bertz CT molecular complexity index is 1120. The Balaban J connectivity index is 1.62. The Morgan fingerprint density at radius 3 is 2.48 bits per heavy atom. The number of nitrogens with one attached hydrogen (secondary N) is 1. The summed E-state index contributed by atoms with van der Waals surface area (Å²) < 4.78 is 26.0. The van der Waals surface area contributed by atoms with Crippen LogP contribution in [0.5, 0.6) is 0 Å². The lowest BCUT2D eigenvalue weighted by Crippen LogP contribution is -2.25. The minimum Gasteiger partial charge on any atom is -0.284 e. The van der Waals surface area contributed by atoms with E-state index in [2.05, 4.69) is 9.82 Å². The largest absolute Gasteiger partial charge is 0.284 e. The Morgan fingerprint density at radius 1 is 1.14 bits per heavy atom. The van der Waals surface area contributed by atoms with E-state index in [1.165, 1.54) is 11.3 Å². The second kappa shape index (κ2) is 8.10. The van der Waals surface area contributed by atoms with Crippen molar-refractivity contribution in [3.8, 4) is 0 Å². The number of hydrazone groups is 1. The summed E-state index contributed by atoms with van der Waals surface area (Å²) in [6, 6.07) is 14.6. The number of rotatable bonds is 6. The summed E-state index contributed by atoms with van der Waals surface area (Å²) in [5.74, 6) is -0.0928. The van der Waals surface area contributed by atoms with E-state index in [0.717, 1.165) is 16.2 Å². The average molecular weight is 446 g/mol. The van der Waals surface area contributed by atoms with Gasteiger partial charge in [-0.2, -0.15) is 5.10 Å². The van der Waals surface area contributed by atoms with Crippen LogP contribution in [0, 0.1) is 0 Å². The lowest BCUT2D eigenvalue weighted by atomic mass is 10.0. The zero-order valence-electron chi connectivity index (χ0n) is 15.6. The molecule has 0 unspecified atom stereocenters. The number of nitrogens with zero attached hydrogens (tertiary/aromatic N) is 2. The lowest BCUT2D eigenvalue weighted by Gasteiger charge is -2.19. The molecule has 0 radical (unpaired) electrons. The van der Waals surface area contributed by atoms with E-state index >= 15 is 0 Å². The van der Waals surface area contributed by atoms with Gasteiger partial charge in [-0.3, -0.25) is 9.52 Å². The van der Waals surface area contributed by atoms with Gasteiger partial charge < -0.3 is 0 Å². The summed E-state index contributed by atoms with van der Waals surface area (Å²) >= 11 is 3.01. The highest BCUT2D eigenvalue weighted by Crippen LogP contribution is 2.36. The summed E-state index contributed by atoms with van der Waals surface area (Å²) in [4.78, 5) is 14.7. The van der Waals surface area contributed by atoms with Gasteiger partial charge in [0.1, 0.15) is 0 Å². The third-order valence-corrected chi connectivity index (χ3v) is 7.73. The Labute approximate surface area is 177 Å². The van der Waals surface area contributed by atoms with Gasteiger partial charge in [-0.1, -0.05) is 24.3 Å². The number of thiophene rings is 2. The van der Waals surface area contributed by atoms with Crippen molar-refractivity contribution < 1.29 is 13.2 Å². The highest BCUT2D eigenvalue weighted by Gasteiger charge is 2.34. The van der Waals surface area contributed by atoms with Crippen molar-refractivity contribution >= 4 is 50.0 Å². The fraction of sp³-hybridized carbons (Fsp3) is 0.200. The van der Waals surface area contributed by atoms with Crippen LogP contribution in [0.2, 0.25) is 0 Å². The summed E-state index contributed by atoms with van der Waals surface area (Å²) in [5, 5.41) is 10.1. The first kappa shape index (κ1) is 19.8. The molecule has 1 atom stereocenters. The number of hydrogen-bond acceptors (Lipinski definition) is 6. The first-order chi connectivity index (χ1) is 14.0. The van der Waals surface area contributed by atoms with Crippen LogP contribution in [-0.4, -0.2) is 30.8 Å². The molecule has 1 aromatic carbocycles. The van der Waals surface area contributed by atoms with Crippen molar-refractivity contribution in [2.24, 2.45) is 5.10 Å². The highest BCUT2D eigenvalue weighted by atomic mass is 32.2. The fourth-order valence-corrected chi connectivity index (χ4v) is 5.18. The standard InChI is InChI=1S/C20H19N3O3S3/c1-2-29(25,26)22-15-9-7-14(8-10-15)16-13-17(18-5-3-11-27-18)23(21-16)20(24)19-6-4-12-28-19/h3-12,17,22H,2,13H2,1H3/t17-/m1/s1. The molecule has 0 saturated heterocycles. The third-order valence-electron chi connectivity index (χ3n) is 4.59. The summed E-state index contributed by atoms with van der Waals surface area (Å²) in [6.07, 6.45) is 0.609. The Hall–Kier alpha value is -2.49. The number of benzene rings is 1. The van der Waals surface area contributed by atoms with Crippen LogP contribution in [0.1, 0.15) is 39.5 Å². The number of hydrogen-bond donors (Lipinski definition) is 1. The second-order valence-corrected chi connectivity index (χ2v) is 10.4. The Morgan fingerprint density at radius 2 is 1.86 bits per heavy atom. The molecule has 0 fully saturated rings. The number of carbonyl (C=O) groups excluding carboxylic acids is 1. The zero-order chi connectivity index (χ0) is 20.4. The molecule has 1 aliphatic heterocycles. The molecule has 1 N–H and O–H groups in total. The molecule has 2 aromatic heterocycles. The molecule has 0 saturated carbocycles. The third kappa shape index (κ3) is 4.26. The normalized spacial score (nSPS) is 16.7.